The summed E-state index contributed by atoms with van der Waals surface area (Å²) in [5.41, 5.74) is 5.84. The number of hydrogen-bond donors (Lipinski definition) is 3. The third kappa shape index (κ3) is 4.67. The van der Waals surface area contributed by atoms with Crippen LogP contribution in [0, 0.1) is 0 Å². The highest BCUT2D eigenvalue weighted by Gasteiger charge is 2.14. The maximum atomic E-state index is 10.3. The molecule has 2 aromatic carbocycles. The van der Waals surface area contributed by atoms with Gasteiger partial charge in [0.05, 0.1) is 6.21 Å². The molecule has 0 aromatic heterocycles. The molecule has 2 aromatic rings. The number of aliphatic hydroxyl groups excluding tert-OH is 1. The van der Waals surface area contributed by atoms with Crippen molar-refractivity contribution in [3.63, 3.8) is 0 Å². The zero-order valence-electron chi connectivity index (χ0n) is 14.1. The third-order valence-corrected chi connectivity index (χ3v) is 3.65. The van der Waals surface area contributed by atoms with Gasteiger partial charge in [-0.15, -0.1) is 0 Å². The van der Waals surface area contributed by atoms with Gasteiger partial charge in [-0.1, -0.05) is 80.5 Å². The summed E-state index contributed by atoms with van der Waals surface area (Å²) in [6.45, 7) is 6.42. The molecule has 2 rings (SSSR count). The van der Waals surface area contributed by atoms with Gasteiger partial charge >= 0.3 is 0 Å². The molecule has 0 amide bonds. The second kappa shape index (κ2) is 7.75. The lowest BCUT2D eigenvalue weighted by Crippen LogP contribution is -2.19. The predicted molar refractivity (Wildman–Crippen MR) is 96.5 cm³/mol. The fraction of sp³-hybridized carbons (Fsp3) is 0.263. The van der Waals surface area contributed by atoms with Crippen LogP contribution in [0.5, 0.6) is 0 Å². The Balaban J connectivity index is 2.14. The molecule has 0 radical (unpaired) electrons. The van der Waals surface area contributed by atoms with E-state index in [9.17, 15) is 5.11 Å². The lowest BCUT2D eigenvalue weighted by molar-refractivity contribution is 0.141. The van der Waals surface area contributed by atoms with Gasteiger partial charge in [0, 0.05) is 11.1 Å². The summed E-state index contributed by atoms with van der Waals surface area (Å²) in [4.78, 5) is 0. The van der Waals surface area contributed by atoms with Crippen LogP contribution in [0.15, 0.2) is 64.9 Å². The molecule has 0 saturated carbocycles. The number of benzene rings is 2. The number of rotatable bonds is 5. The molecule has 0 bridgehead atoms. The SMILES string of the molecule is CC(C)(C)c1ccc(C(O)N/N=C(\C=N\O)c2ccccc2)cc1. The topological polar surface area (TPSA) is 77.2 Å². The molecule has 0 aliphatic rings. The van der Waals surface area contributed by atoms with Crippen LogP contribution in [0.3, 0.4) is 0 Å². The van der Waals surface area contributed by atoms with Gasteiger partial charge in [-0.3, -0.25) is 5.43 Å². The number of oxime groups is 1. The predicted octanol–water partition coefficient (Wildman–Crippen LogP) is 3.43. The number of hydrogen-bond acceptors (Lipinski definition) is 5. The van der Waals surface area contributed by atoms with Crippen molar-refractivity contribution in [3.05, 3.63) is 71.3 Å². The summed E-state index contributed by atoms with van der Waals surface area (Å²) in [7, 11) is 0. The molecule has 1 unspecified atom stereocenters. The first-order valence-corrected chi connectivity index (χ1v) is 7.76. The van der Waals surface area contributed by atoms with Gasteiger partial charge in [-0.25, -0.2) is 0 Å². The van der Waals surface area contributed by atoms with Gasteiger partial charge in [-0.2, -0.15) is 5.10 Å². The van der Waals surface area contributed by atoms with Gasteiger partial charge < -0.3 is 10.3 Å². The molecule has 5 nitrogen and oxygen atoms in total. The van der Waals surface area contributed by atoms with E-state index >= 15 is 0 Å². The third-order valence-electron chi connectivity index (χ3n) is 3.65. The van der Waals surface area contributed by atoms with Crippen molar-refractivity contribution in [1.82, 2.24) is 5.43 Å². The largest absolute Gasteiger partial charge is 0.411 e. The summed E-state index contributed by atoms with van der Waals surface area (Å²) in [5, 5.41) is 26.2. The van der Waals surface area contributed by atoms with Crippen LogP contribution in [0.25, 0.3) is 0 Å². The van der Waals surface area contributed by atoms with E-state index in [2.05, 4.69) is 36.5 Å². The Kier molecular flexibility index (Phi) is 5.71. The van der Waals surface area contributed by atoms with Crippen molar-refractivity contribution in [2.45, 2.75) is 32.4 Å². The molecule has 24 heavy (non-hydrogen) atoms. The van der Waals surface area contributed by atoms with Crippen LogP contribution in [-0.4, -0.2) is 22.2 Å². The second-order valence-electron chi connectivity index (χ2n) is 6.51. The molecule has 126 valence electrons. The average molecular weight is 325 g/mol. The zero-order chi connectivity index (χ0) is 17.6. The van der Waals surface area contributed by atoms with Crippen molar-refractivity contribution in [3.8, 4) is 0 Å². The minimum absolute atomic E-state index is 0.0626. The molecule has 0 aliphatic carbocycles. The molecule has 0 heterocycles. The molecule has 0 aliphatic heterocycles. The monoisotopic (exact) mass is 325 g/mol. The Morgan fingerprint density at radius 1 is 1.04 bits per heavy atom. The molecule has 3 N–H and O–H groups in total. The van der Waals surface area contributed by atoms with E-state index in [0.717, 1.165) is 5.56 Å². The first-order chi connectivity index (χ1) is 11.4. The van der Waals surface area contributed by atoms with E-state index in [1.807, 2.05) is 54.6 Å². The van der Waals surface area contributed by atoms with E-state index in [0.29, 0.717) is 11.3 Å². The number of hydrazone groups is 1. The van der Waals surface area contributed by atoms with Crippen LogP contribution >= 0.6 is 0 Å². The average Bonchev–Trinajstić information content (AvgIpc) is 2.58. The zero-order valence-corrected chi connectivity index (χ0v) is 14.1. The highest BCUT2D eigenvalue weighted by atomic mass is 16.4. The maximum absolute atomic E-state index is 10.3. The summed E-state index contributed by atoms with van der Waals surface area (Å²) in [6.07, 6.45) is 0.266. The van der Waals surface area contributed by atoms with Crippen molar-refractivity contribution in [2.24, 2.45) is 10.3 Å². The van der Waals surface area contributed by atoms with Crippen molar-refractivity contribution in [2.75, 3.05) is 0 Å². The molecule has 0 spiro atoms. The minimum atomic E-state index is -0.954. The molecular formula is C19H23N3O2. The van der Waals surface area contributed by atoms with Crippen molar-refractivity contribution >= 4 is 11.9 Å². The highest BCUT2D eigenvalue weighted by Crippen LogP contribution is 2.23. The first kappa shape index (κ1) is 17.7. The molecule has 0 fully saturated rings. The Labute approximate surface area is 142 Å². The molecular weight excluding hydrogens is 302 g/mol. The summed E-state index contributed by atoms with van der Waals surface area (Å²) in [6, 6.07) is 17.0. The Morgan fingerprint density at radius 3 is 2.21 bits per heavy atom. The number of aliphatic hydroxyl groups is 1. The quantitative estimate of drug-likeness (QED) is 0.341. The van der Waals surface area contributed by atoms with Crippen LogP contribution in [0.4, 0.5) is 0 Å². The molecule has 0 saturated heterocycles. The standard InChI is InChI=1S/C19H23N3O2/c1-19(2,3)16-11-9-15(10-12-16)18(23)22-21-17(13-20-24)14-7-5-4-6-8-14/h4-13,18,22-24H,1-3H3/b20-13+,21-17+. The highest BCUT2D eigenvalue weighted by molar-refractivity contribution is 6.38. The lowest BCUT2D eigenvalue weighted by atomic mass is 9.86. The fourth-order valence-corrected chi connectivity index (χ4v) is 2.20. The van der Waals surface area contributed by atoms with E-state index < -0.39 is 6.23 Å². The maximum Gasteiger partial charge on any atom is 0.165 e. The van der Waals surface area contributed by atoms with Crippen molar-refractivity contribution in [1.29, 1.82) is 0 Å². The Morgan fingerprint density at radius 2 is 1.67 bits per heavy atom. The number of nitrogens with zero attached hydrogens (tertiary/aromatic N) is 2. The second-order valence-corrected chi connectivity index (χ2v) is 6.51. The van der Waals surface area contributed by atoms with Gasteiger partial charge in [0.1, 0.15) is 5.71 Å². The summed E-state index contributed by atoms with van der Waals surface area (Å²) < 4.78 is 0. The van der Waals surface area contributed by atoms with Crippen molar-refractivity contribution < 1.29 is 10.3 Å². The van der Waals surface area contributed by atoms with E-state index in [1.165, 1.54) is 11.8 Å². The van der Waals surface area contributed by atoms with Crippen LogP contribution in [0.2, 0.25) is 0 Å². The fourth-order valence-electron chi connectivity index (χ4n) is 2.20. The van der Waals surface area contributed by atoms with E-state index in [4.69, 9.17) is 5.21 Å². The summed E-state index contributed by atoms with van der Waals surface area (Å²) in [5.74, 6) is 0. The van der Waals surface area contributed by atoms with Crippen LogP contribution in [-0.2, 0) is 5.41 Å². The molecule has 5 heteroatoms. The van der Waals surface area contributed by atoms with E-state index in [-0.39, 0.29) is 5.41 Å². The molecule has 1 atom stereocenters. The van der Waals surface area contributed by atoms with Crippen LogP contribution < -0.4 is 5.43 Å². The lowest BCUT2D eigenvalue weighted by Gasteiger charge is -2.20. The first-order valence-electron chi connectivity index (χ1n) is 7.76. The Hall–Kier alpha value is -2.66. The number of nitrogens with one attached hydrogen (secondary N) is 1. The Bertz CT molecular complexity index is 702. The van der Waals surface area contributed by atoms with Gasteiger partial charge in [0.2, 0.25) is 0 Å². The van der Waals surface area contributed by atoms with Crippen LogP contribution in [0.1, 0.15) is 43.7 Å². The summed E-state index contributed by atoms with van der Waals surface area (Å²) >= 11 is 0. The van der Waals surface area contributed by atoms with E-state index in [1.54, 1.807) is 0 Å². The minimum Gasteiger partial charge on any atom is -0.411 e. The smallest absolute Gasteiger partial charge is 0.165 e. The van der Waals surface area contributed by atoms with Gasteiger partial charge in [-0.05, 0) is 11.0 Å². The van der Waals surface area contributed by atoms with Gasteiger partial charge in [0.25, 0.3) is 0 Å². The van der Waals surface area contributed by atoms with Gasteiger partial charge in [0.15, 0.2) is 6.23 Å². The normalized spacial score (nSPS) is 13.9.